The molecule has 21 heavy (non-hydrogen) atoms. The summed E-state index contributed by atoms with van der Waals surface area (Å²) in [6, 6.07) is 10.9. The highest BCUT2D eigenvalue weighted by Gasteiger charge is 2.09. The molecular weight excluding hydrogens is 401 g/mol. The molecule has 0 fully saturated rings. The number of halogens is 3. The Balaban J connectivity index is 2.13. The van der Waals surface area contributed by atoms with E-state index in [1.165, 1.54) is 6.07 Å². The van der Waals surface area contributed by atoms with Crippen molar-refractivity contribution in [3.8, 4) is 5.75 Å². The Bertz CT molecular complexity index is 619. The highest BCUT2D eigenvalue weighted by atomic mass is 79.9. The SMILES string of the molecule is CCNCc1cccc(Br)c1OCc1ccc(F)c(Br)c1. The molecule has 0 radical (unpaired) electrons. The third kappa shape index (κ3) is 4.53. The second kappa shape index (κ2) is 7.92. The van der Waals surface area contributed by atoms with Gasteiger partial charge in [-0.25, -0.2) is 4.39 Å². The van der Waals surface area contributed by atoms with Gasteiger partial charge in [0.2, 0.25) is 0 Å². The van der Waals surface area contributed by atoms with Gasteiger partial charge in [0, 0.05) is 12.1 Å². The molecule has 112 valence electrons. The van der Waals surface area contributed by atoms with E-state index in [-0.39, 0.29) is 5.82 Å². The summed E-state index contributed by atoms with van der Waals surface area (Å²) in [5, 5.41) is 3.29. The molecule has 0 aliphatic heterocycles. The minimum Gasteiger partial charge on any atom is -0.487 e. The molecule has 0 saturated carbocycles. The fourth-order valence-corrected chi connectivity index (χ4v) is 2.85. The number of hydrogen-bond acceptors (Lipinski definition) is 2. The van der Waals surface area contributed by atoms with Crippen molar-refractivity contribution < 1.29 is 9.13 Å². The Hall–Kier alpha value is -0.910. The first-order valence-corrected chi connectivity index (χ1v) is 8.25. The van der Waals surface area contributed by atoms with E-state index in [9.17, 15) is 4.39 Å². The molecule has 0 spiro atoms. The predicted octanol–water partition coefficient (Wildman–Crippen LogP) is 5.04. The lowest BCUT2D eigenvalue weighted by molar-refractivity contribution is 0.300. The van der Waals surface area contributed by atoms with E-state index in [1.54, 1.807) is 12.1 Å². The maximum absolute atomic E-state index is 13.2. The van der Waals surface area contributed by atoms with E-state index < -0.39 is 0 Å². The van der Waals surface area contributed by atoms with E-state index >= 15 is 0 Å². The summed E-state index contributed by atoms with van der Waals surface area (Å²) in [5.74, 6) is 0.548. The van der Waals surface area contributed by atoms with Gasteiger partial charge in [0.1, 0.15) is 18.2 Å². The van der Waals surface area contributed by atoms with Crippen LogP contribution in [0.1, 0.15) is 18.1 Å². The van der Waals surface area contributed by atoms with Crippen molar-refractivity contribution in [3.63, 3.8) is 0 Å². The molecule has 0 aromatic heterocycles. The van der Waals surface area contributed by atoms with Crippen LogP contribution in [0.2, 0.25) is 0 Å². The third-order valence-corrected chi connectivity index (χ3v) is 4.21. The predicted molar refractivity (Wildman–Crippen MR) is 90.0 cm³/mol. The Kier molecular flexibility index (Phi) is 6.21. The van der Waals surface area contributed by atoms with Gasteiger partial charge >= 0.3 is 0 Å². The molecule has 0 atom stereocenters. The largest absolute Gasteiger partial charge is 0.487 e. The van der Waals surface area contributed by atoms with Crippen molar-refractivity contribution in [2.45, 2.75) is 20.1 Å². The van der Waals surface area contributed by atoms with Crippen LogP contribution in [0.4, 0.5) is 4.39 Å². The average Bonchev–Trinajstić information content (AvgIpc) is 2.47. The fourth-order valence-electron chi connectivity index (χ4n) is 1.90. The van der Waals surface area contributed by atoms with Crippen molar-refractivity contribution in [2.24, 2.45) is 0 Å². The first-order chi connectivity index (χ1) is 10.1. The van der Waals surface area contributed by atoms with Crippen molar-refractivity contribution in [2.75, 3.05) is 6.54 Å². The molecular formula is C16H16Br2FNO. The quantitative estimate of drug-likeness (QED) is 0.712. The molecule has 0 amide bonds. The Morgan fingerprint density at radius 3 is 2.67 bits per heavy atom. The van der Waals surface area contributed by atoms with Crippen LogP contribution in [0.5, 0.6) is 5.75 Å². The molecule has 2 aromatic rings. The zero-order valence-electron chi connectivity index (χ0n) is 11.6. The lowest BCUT2D eigenvalue weighted by Gasteiger charge is -2.14. The van der Waals surface area contributed by atoms with Crippen LogP contribution >= 0.6 is 31.9 Å². The molecule has 0 unspecified atom stereocenters. The van der Waals surface area contributed by atoms with Crippen LogP contribution in [-0.2, 0) is 13.2 Å². The van der Waals surface area contributed by atoms with Gasteiger partial charge in [0.15, 0.2) is 0 Å². The van der Waals surface area contributed by atoms with Crippen LogP contribution in [0.25, 0.3) is 0 Å². The molecule has 0 bridgehead atoms. The number of hydrogen-bond donors (Lipinski definition) is 1. The number of benzene rings is 2. The fraction of sp³-hybridized carbons (Fsp3) is 0.250. The van der Waals surface area contributed by atoms with Gasteiger partial charge < -0.3 is 10.1 Å². The zero-order valence-corrected chi connectivity index (χ0v) is 14.8. The summed E-state index contributed by atoms with van der Waals surface area (Å²) in [6.45, 7) is 4.10. The molecule has 2 aromatic carbocycles. The van der Waals surface area contributed by atoms with E-state index in [1.807, 2.05) is 18.2 Å². The summed E-state index contributed by atoms with van der Waals surface area (Å²) in [4.78, 5) is 0. The first-order valence-electron chi connectivity index (χ1n) is 6.66. The van der Waals surface area contributed by atoms with E-state index in [2.05, 4.69) is 44.1 Å². The summed E-state index contributed by atoms with van der Waals surface area (Å²) < 4.78 is 20.5. The summed E-state index contributed by atoms with van der Waals surface area (Å²) in [7, 11) is 0. The molecule has 0 aliphatic carbocycles. The van der Waals surface area contributed by atoms with E-state index in [0.29, 0.717) is 11.1 Å². The molecule has 1 N–H and O–H groups in total. The van der Waals surface area contributed by atoms with Gasteiger partial charge in [-0.05, 0) is 62.2 Å². The van der Waals surface area contributed by atoms with Crippen LogP contribution in [0.15, 0.2) is 45.3 Å². The lowest BCUT2D eigenvalue weighted by atomic mass is 10.2. The van der Waals surface area contributed by atoms with Crippen LogP contribution < -0.4 is 10.1 Å². The minimum atomic E-state index is -0.271. The van der Waals surface area contributed by atoms with Crippen molar-refractivity contribution in [1.29, 1.82) is 0 Å². The molecule has 0 aliphatic rings. The number of ether oxygens (including phenoxy) is 1. The topological polar surface area (TPSA) is 21.3 Å². The molecule has 0 saturated heterocycles. The second-order valence-corrected chi connectivity index (χ2v) is 6.25. The highest BCUT2D eigenvalue weighted by molar-refractivity contribution is 9.10. The zero-order chi connectivity index (χ0) is 15.2. The van der Waals surface area contributed by atoms with Crippen LogP contribution in [0, 0.1) is 5.82 Å². The normalized spacial score (nSPS) is 10.7. The monoisotopic (exact) mass is 415 g/mol. The lowest BCUT2D eigenvalue weighted by Crippen LogP contribution is -2.13. The van der Waals surface area contributed by atoms with Crippen LogP contribution in [0.3, 0.4) is 0 Å². The Morgan fingerprint density at radius 2 is 1.95 bits per heavy atom. The maximum Gasteiger partial charge on any atom is 0.138 e. The molecule has 0 heterocycles. The summed E-state index contributed by atoms with van der Waals surface area (Å²) in [6.07, 6.45) is 0. The molecule has 2 nitrogen and oxygen atoms in total. The number of para-hydroxylation sites is 1. The number of rotatable bonds is 6. The van der Waals surface area contributed by atoms with Crippen LogP contribution in [-0.4, -0.2) is 6.54 Å². The van der Waals surface area contributed by atoms with Gasteiger partial charge in [-0.2, -0.15) is 0 Å². The second-order valence-electron chi connectivity index (χ2n) is 4.55. The van der Waals surface area contributed by atoms with Crippen molar-refractivity contribution in [1.82, 2.24) is 5.32 Å². The average molecular weight is 417 g/mol. The third-order valence-electron chi connectivity index (χ3n) is 2.98. The molecule has 2 rings (SSSR count). The smallest absolute Gasteiger partial charge is 0.138 e. The Morgan fingerprint density at radius 1 is 1.14 bits per heavy atom. The van der Waals surface area contributed by atoms with Gasteiger partial charge in [0.05, 0.1) is 8.95 Å². The van der Waals surface area contributed by atoms with Crippen molar-refractivity contribution in [3.05, 3.63) is 62.3 Å². The van der Waals surface area contributed by atoms with Gasteiger partial charge in [-0.1, -0.05) is 25.1 Å². The van der Waals surface area contributed by atoms with Gasteiger partial charge in [-0.15, -0.1) is 0 Å². The Labute approximate surface area is 141 Å². The standard InChI is InChI=1S/C16H16Br2FNO/c1-2-20-9-12-4-3-5-13(17)16(12)21-10-11-6-7-15(19)14(18)8-11/h3-8,20H,2,9-10H2,1H3. The summed E-state index contributed by atoms with van der Waals surface area (Å²) >= 11 is 6.70. The van der Waals surface area contributed by atoms with Gasteiger partial charge in [-0.3, -0.25) is 0 Å². The molecule has 5 heteroatoms. The summed E-state index contributed by atoms with van der Waals surface area (Å²) in [5.41, 5.74) is 2.00. The first kappa shape index (κ1) is 16.5. The highest BCUT2D eigenvalue weighted by Crippen LogP contribution is 2.30. The van der Waals surface area contributed by atoms with E-state index in [0.717, 1.165) is 34.4 Å². The van der Waals surface area contributed by atoms with Gasteiger partial charge in [0.25, 0.3) is 0 Å². The maximum atomic E-state index is 13.2. The minimum absolute atomic E-state index is 0.271. The van der Waals surface area contributed by atoms with Crippen molar-refractivity contribution >= 4 is 31.9 Å². The number of nitrogens with one attached hydrogen (secondary N) is 1. The van der Waals surface area contributed by atoms with E-state index in [4.69, 9.17) is 4.74 Å².